The van der Waals surface area contributed by atoms with Crippen molar-refractivity contribution < 1.29 is 0 Å². The Hall–Kier alpha value is -0.0800. The van der Waals surface area contributed by atoms with E-state index in [1.807, 2.05) is 0 Å². The maximum atomic E-state index is 7.66. The highest BCUT2D eigenvalue weighted by molar-refractivity contribution is 4.96. The standard InChI is InChI=1S/C45H92N2/c1-5-9-13-16-19-22-25-31-36-44(37-32-26-23-20-17-14-10-6-2,40-43(46)42-34-29-28-30-35-42)41-45(47,38-12-8-4)39-33-27-24-21-18-15-11-7-3/h42-43H,5-41,46-47H2,1-4H3. The fraction of sp³-hybridized carbons (Fsp3) is 1.00. The molecule has 47 heavy (non-hydrogen) atoms. The second kappa shape index (κ2) is 30.7. The lowest BCUT2D eigenvalue weighted by Gasteiger charge is -2.45. The monoisotopic (exact) mass is 661 g/mol. The molecule has 1 fully saturated rings. The van der Waals surface area contributed by atoms with Crippen LogP contribution < -0.4 is 11.5 Å². The SMILES string of the molecule is CCCCCCCCCCC(N)(CCCC)CC(CCCCCCCCCC)(CCCCCCCCCC)CC(N)C1CCCCC1. The van der Waals surface area contributed by atoms with Crippen LogP contribution >= 0.6 is 0 Å². The van der Waals surface area contributed by atoms with Crippen molar-refractivity contribution in [3.63, 3.8) is 0 Å². The van der Waals surface area contributed by atoms with Gasteiger partial charge in [-0.25, -0.2) is 0 Å². The molecule has 4 N–H and O–H groups in total. The molecule has 0 aromatic rings. The van der Waals surface area contributed by atoms with Gasteiger partial charge in [0.25, 0.3) is 0 Å². The van der Waals surface area contributed by atoms with Gasteiger partial charge >= 0.3 is 0 Å². The lowest BCUT2D eigenvalue weighted by atomic mass is 9.63. The van der Waals surface area contributed by atoms with E-state index in [1.165, 1.54) is 238 Å². The van der Waals surface area contributed by atoms with Crippen LogP contribution in [0.5, 0.6) is 0 Å². The third kappa shape index (κ3) is 23.9. The van der Waals surface area contributed by atoms with Crippen LogP contribution in [0.2, 0.25) is 0 Å². The van der Waals surface area contributed by atoms with Gasteiger partial charge in [-0.15, -0.1) is 0 Å². The Morgan fingerprint density at radius 2 is 0.787 bits per heavy atom. The van der Waals surface area contributed by atoms with Crippen LogP contribution in [0.1, 0.15) is 265 Å². The van der Waals surface area contributed by atoms with E-state index >= 15 is 0 Å². The van der Waals surface area contributed by atoms with Crippen molar-refractivity contribution in [2.75, 3.05) is 0 Å². The molecule has 0 heterocycles. The Labute approximate surface area is 298 Å². The van der Waals surface area contributed by atoms with E-state index in [-0.39, 0.29) is 5.54 Å². The molecule has 1 aliphatic rings. The molecule has 0 amide bonds. The first kappa shape index (κ1) is 44.9. The zero-order valence-electron chi connectivity index (χ0n) is 33.5. The van der Waals surface area contributed by atoms with Crippen LogP contribution in [0.15, 0.2) is 0 Å². The molecular formula is C45H92N2. The highest BCUT2D eigenvalue weighted by Crippen LogP contribution is 2.46. The van der Waals surface area contributed by atoms with Crippen molar-refractivity contribution in [2.45, 2.75) is 277 Å². The van der Waals surface area contributed by atoms with E-state index in [9.17, 15) is 0 Å². The van der Waals surface area contributed by atoms with Crippen molar-refractivity contribution in [1.82, 2.24) is 0 Å². The smallest absolute Gasteiger partial charge is 0.0159 e. The van der Waals surface area contributed by atoms with Gasteiger partial charge in [0.05, 0.1) is 0 Å². The largest absolute Gasteiger partial charge is 0.327 e. The normalized spacial score (nSPS) is 16.5. The third-order valence-corrected chi connectivity index (χ3v) is 12.3. The van der Waals surface area contributed by atoms with E-state index < -0.39 is 0 Å². The van der Waals surface area contributed by atoms with Gasteiger partial charge in [-0.3, -0.25) is 0 Å². The van der Waals surface area contributed by atoms with Crippen LogP contribution in [0.25, 0.3) is 0 Å². The molecule has 1 saturated carbocycles. The molecule has 2 atom stereocenters. The summed E-state index contributed by atoms with van der Waals surface area (Å²) >= 11 is 0. The van der Waals surface area contributed by atoms with Crippen molar-refractivity contribution >= 4 is 0 Å². The van der Waals surface area contributed by atoms with Gasteiger partial charge in [0, 0.05) is 11.6 Å². The molecule has 2 heteroatoms. The first-order valence-corrected chi connectivity index (χ1v) is 22.5. The molecular weight excluding hydrogens is 569 g/mol. The van der Waals surface area contributed by atoms with Gasteiger partial charge < -0.3 is 11.5 Å². The summed E-state index contributed by atoms with van der Waals surface area (Å²) in [7, 11) is 0. The second-order valence-electron chi connectivity index (χ2n) is 17.1. The summed E-state index contributed by atoms with van der Waals surface area (Å²) in [4.78, 5) is 0. The average Bonchev–Trinajstić information content (AvgIpc) is 3.08. The van der Waals surface area contributed by atoms with Gasteiger partial charge in [0.1, 0.15) is 0 Å². The molecule has 282 valence electrons. The minimum Gasteiger partial charge on any atom is -0.327 e. The van der Waals surface area contributed by atoms with E-state index in [0.717, 1.165) is 5.92 Å². The highest BCUT2D eigenvalue weighted by atomic mass is 14.8. The zero-order valence-corrected chi connectivity index (χ0v) is 33.5. The fourth-order valence-corrected chi connectivity index (χ4v) is 9.26. The van der Waals surface area contributed by atoms with Crippen LogP contribution in [-0.4, -0.2) is 11.6 Å². The van der Waals surface area contributed by atoms with Gasteiger partial charge in [0.15, 0.2) is 0 Å². The number of hydrogen-bond acceptors (Lipinski definition) is 2. The maximum Gasteiger partial charge on any atom is 0.0159 e. The van der Waals surface area contributed by atoms with E-state index in [1.54, 1.807) is 0 Å². The summed E-state index contributed by atoms with van der Waals surface area (Å²) in [6, 6.07) is 0.372. The van der Waals surface area contributed by atoms with Crippen LogP contribution in [0.4, 0.5) is 0 Å². The lowest BCUT2D eigenvalue weighted by molar-refractivity contribution is 0.0986. The number of unbranched alkanes of at least 4 members (excludes halogenated alkanes) is 22. The zero-order chi connectivity index (χ0) is 34.3. The summed E-state index contributed by atoms with van der Waals surface area (Å²) < 4.78 is 0. The molecule has 0 aromatic carbocycles. The summed E-state index contributed by atoms with van der Waals surface area (Å²) in [5.41, 5.74) is 15.3. The minimum atomic E-state index is -0.00912. The Bertz CT molecular complexity index is 620. The second-order valence-corrected chi connectivity index (χ2v) is 17.1. The molecule has 2 nitrogen and oxygen atoms in total. The fourth-order valence-electron chi connectivity index (χ4n) is 9.26. The van der Waals surface area contributed by atoms with Crippen molar-refractivity contribution in [3.05, 3.63) is 0 Å². The Balaban J connectivity index is 3.03. The molecule has 0 bridgehead atoms. The van der Waals surface area contributed by atoms with Gasteiger partial charge in [0.2, 0.25) is 0 Å². The molecule has 1 rings (SSSR count). The topological polar surface area (TPSA) is 52.0 Å². The van der Waals surface area contributed by atoms with Crippen LogP contribution in [0.3, 0.4) is 0 Å². The van der Waals surface area contributed by atoms with E-state index in [4.69, 9.17) is 11.5 Å². The molecule has 0 radical (unpaired) electrons. The van der Waals surface area contributed by atoms with Gasteiger partial charge in [-0.1, -0.05) is 214 Å². The molecule has 1 aliphatic carbocycles. The quantitative estimate of drug-likeness (QED) is 0.0665. The first-order valence-electron chi connectivity index (χ1n) is 22.5. The Morgan fingerprint density at radius 1 is 0.447 bits per heavy atom. The van der Waals surface area contributed by atoms with Crippen molar-refractivity contribution in [1.29, 1.82) is 0 Å². The summed E-state index contributed by atoms with van der Waals surface area (Å²) in [5.74, 6) is 0.746. The van der Waals surface area contributed by atoms with Gasteiger partial charge in [-0.05, 0) is 62.7 Å². The minimum absolute atomic E-state index is 0.00912. The van der Waals surface area contributed by atoms with Crippen LogP contribution in [-0.2, 0) is 0 Å². The molecule has 0 aromatic heterocycles. The highest BCUT2D eigenvalue weighted by Gasteiger charge is 2.40. The predicted molar refractivity (Wildman–Crippen MR) is 214 cm³/mol. The van der Waals surface area contributed by atoms with Crippen molar-refractivity contribution in [2.24, 2.45) is 22.8 Å². The summed E-state index contributed by atoms with van der Waals surface area (Å²) in [5, 5.41) is 0. The van der Waals surface area contributed by atoms with Crippen molar-refractivity contribution in [3.8, 4) is 0 Å². The third-order valence-electron chi connectivity index (χ3n) is 12.3. The predicted octanol–water partition coefficient (Wildman–Crippen LogP) is 15.1. The number of nitrogens with two attached hydrogens (primary N) is 2. The Kier molecular flexibility index (Phi) is 29.4. The molecule has 0 spiro atoms. The lowest BCUT2D eigenvalue weighted by Crippen LogP contribution is -2.48. The number of hydrogen-bond donors (Lipinski definition) is 2. The Morgan fingerprint density at radius 3 is 1.19 bits per heavy atom. The maximum absolute atomic E-state index is 7.66. The van der Waals surface area contributed by atoms with E-state index in [0.29, 0.717) is 11.5 Å². The number of rotatable bonds is 35. The molecule has 2 unspecified atom stereocenters. The van der Waals surface area contributed by atoms with Gasteiger partial charge in [-0.2, -0.15) is 0 Å². The van der Waals surface area contributed by atoms with Crippen LogP contribution in [0, 0.1) is 11.3 Å². The summed E-state index contributed by atoms with van der Waals surface area (Å²) in [6.45, 7) is 9.35. The average molecular weight is 661 g/mol. The first-order chi connectivity index (χ1) is 22.9. The molecule has 0 aliphatic heterocycles. The van der Waals surface area contributed by atoms with E-state index in [2.05, 4.69) is 27.7 Å². The molecule has 0 saturated heterocycles. The summed E-state index contributed by atoms with van der Waals surface area (Å²) in [6.07, 6.45) is 50.9.